The smallest absolute Gasteiger partial charge is 0.336 e. The van der Waals surface area contributed by atoms with Crippen LogP contribution in [-0.2, 0) is 14.3 Å². The number of furan rings is 1. The fraction of sp³-hybridized carbons (Fsp3) is 0.409. The van der Waals surface area contributed by atoms with Gasteiger partial charge in [0.15, 0.2) is 0 Å². The summed E-state index contributed by atoms with van der Waals surface area (Å²) >= 11 is 0. The predicted molar refractivity (Wildman–Crippen MR) is 110 cm³/mol. The Balaban J connectivity index is 1.63. The maximum atomic E-state index is 12.8. The van der Waals surface area contributed by atoms with Crippen molar-refractivity contribution in [2.24, 2.45) is 0 Å². The van der Waals surface area contributed by atoms with Crippen LogP contribution in [-0.4, -0.2) is 55.1 Å². The van der Waals surface area contributed by atoms with E-state index in [1.54, 1.807) is 4.90 Å². The molecule has 2 aliphatic heterocycles. The third kappa shape index (κ3) is 3.65. The zero-order valence-electron chi connectivity index (χ0n) is 17.1. The van der Waals surface area contributed by atoms with E-state index in [4.69, 9.17) is 9.15 Å². The van der Waals surface area contributed by atoms with E-state index < -0.39 is 5.97 Å². The first-order valence-electron chi connectivity index (χ1n) is 10.1. The molecule has 2 aliphatic rings. The first kappa shape index (κ1) is 20.0. The molecule has 0 spiro atoms. The molecule has 2 unspecified atom stereocenters. The molecule has 0 radical (unpaired) electrons. The van der Waals surface area contributed by atoms with E-state index in [1.807, 2.05) is 30.3 Å². The van der Waals surface area contributed by atoms with E-state index in [9.17, 15) is 14.4 Å². The van der Waals surface area contributed by atoms with Gasteiger partial charge in [0.2, 0.25) is 5.91 Å². The Bertz CT molecular complexity index is 992. The Morgan fingerprint density at radius 3 is 2.67 bits per heavy atom. The predicted octanol–water partition coefficient (Wildman–Crippen LogP) is 2.44. The number of hydrogen-bond acceptors (Lipinski definition) is 5. The van der Waals surface area contributed by atoms with Gasteiger partial charge in [-0.1, -0.05) is 18.2 Å². The lowest BCUT2D eigenvalue weighted by Gasteiger charge is -2.36. The number of carbonyl (C=O) groups is 3. The summed E-state index contributed by atoms with van der Waals surface area (Å²) in [7, 11) is 1.35. The molecule has 1 fully saturated rings. The van der Waals surface area contributed by atoms with Crippen LogP contribution in [0.15, 0.2) is 40.3 Å². The van der Waals surface area contributed by atoms with Crippen molar-refractivity contribution in [2.75, 3.05) is 20.2 Å². The Kier molecular flexibility index (Phi) is 5.48. The fourth-order valence-electron chi connectivity index (χ4n) is 4.45. The molecule has 1 saturated heterocycles. The highest BCUT2D eigenvalue weighted by Gasteiger charge is 2.47. The minimum atomic E-state index is -0.438. The molecule has 3 amide bonds. The molecule has 0 saturated carbocycles. The molecule has 8 nitrogen and oxygen atoms in total. The zero-order chi connectivity index (χ0) is 21.3. The Morgan fingerprint density at radius 1 is 1.17 bits per heavy atom. The summed E-state index contributed by atoms with van der Waals surface area (Å²) in [5, 5.41) is 6.45. The van der Waals surface area contributed by atoms with Crippen molar-refractivity contribution in [3.8, 4) is 0 Å². The number of rotatable bonds is 5. The lowest BCUT2D eigenvalue weighted by molar-refractivity contribution is -0.136. The highest BCUT2D eigenvalue weighted by molar-refractivity contribution is 6.01. The van der Waals surface area contributed by atoms with Crippen LogP contribution < -0.4 is 10.6 Å². The molecular weight excluding hydrogens is 386 g/mol. The molecular formula is C22H25N3O5. The van der Waals surface area contributed by atoms with Crippen molar-refractivity contribution in [3.63, 3.8) is 0 Å². The van der Waals surface area contributed by atoms with E-state index in [-0.39, 0.29) is 24.0 Å². The van der Waals surface area contributed by atoms with Crippen LogP contribution in [0.4, 0.5) is 4.79 Å². The highest BCUT2D eigenvalue weighted by Crippen LogP contribution is 2.44. The van der Waals surface area contributed by atoms with Gasteiger partial charge < -0.3 is 24.7 Å². The Hall–Kier alpha value is -3.29. The quantitative estimate of drug-likeness (QED) is 0.581. The number of urea groups is 1. The number of benzene rings is 1. The molecule has 8 heteroatoms. The van der Waals surface area contributed by atoms with Crippen LogP contribution in [0.5, 0.6) is 0 Å². The third-order valence-electron chi connectivity index (χ3n) is 5.74. The average Bonchev–Trinajstić information content (AvgIpc) is 3.30. The number of fused-ring (bicyclic) bond motifs is 3. The second-order valence-corrected chi connectivity index (χ2v) is 7.61. The van der Waals surface area contributed by atoms with Gasteiger partial charge in [0, 0.05) is 37.0 Å². The van der Waals surface area contributed by atoms with E-state index >= 15 is 0 Å². The van der Waals surface area contributed by atoms with Crippen molar-refractivity contribution < 1.29 is 23.5 Å². The number of esters is 1. The summed E-state index contributed by atoms with van der Waals surface area (Å²) in [5.41, 5.74) is 2.06. The summed E-state index contributed by atoms with van der Waals surface area (Å²) in [5.74, 6) is 0.0692. The number of methoxy groups -OCH3 is 1. The van der Waals surface area contributed by atoms with Crippen LogP contribution in [0.3, 0.4) is 0 Å². The second kappa shape index (κ2) is 8.22. The van der Waals surface area contributed by atoms with Gasteiger partial charge >= 0.3 is 12.0 Å². The normalized spacial score (nSPS) is 20.4. The van der Waals surface area contributed by atoms with Crippen molar-refractivity contribution >= 4 is 34.4 Å². The molecule has 158 valence electrons. The molecule has 3 heterocycles. The average molecular weight is 411 g/mol. The molecule has 2 aromatic rings. The maximum absolute atomic E-state index is 12.8. The summed E-state index contributed by atoms with van der Waals surface area (Å²) in [6.45, 7) is 2.11. The summed E-state index contributed by atoms with van der Waals surface area (Å²) in [6, 6.07) is 9.02. The lowest BCUT2D eigenvalue weighted by Crippen LogP contribution is -2.51. The molecule has 2 atom stereocenters. The van der Waals surface area contributed by atoms with Crippen LogP contribution >= 0.6 is 0 Å². The minimum Gasteiger partial charge on any atom is -0.466 e. The van der Waals surface area contributed by atoms with E-state index in [0.29, 0.717) is 37.3 Å². The van der Waals surface area contributed by atoms with Gasteiger partial charge in [-0.05, 0) is 31.4 Å². The van der Waals surface area contributed by atoms with Crippen molar-refractivity contribution in [1.29, 1.82) is 0 Å². The number of para-hydroxylation sites is 1. The first-order chi connectivity index (χ1) is 14.5. The lowest BCUT2D eigenvalue weighted by atomic mass is 9.91. The van der Waals surface area contributed by atoms with Crippen molar-refractivity contribution in [1.82, 2.24) is 15.5 Å². The van der Waals surface area contributed by atoms with Crippen LogP contribution in [0.1, 0.15) is 31.9 Å². The largest absolute Gasteiger partial charge is 0.466 e. The second-order valence-electron chi connectivity index (χ2n) is 7.61. The van der Waals surface area contributed by atoms with Gasteiger partial charge in [-0.3, -0.25) is 4.79 Å². The molecule has 1 aromatic heterocycles. The Morgan fingerprint density at radius 2 is 1.93 bits per heavy atom. The van der Waals surface area contributed by atoms with Gasteiger partial charge in [-0.15, -0.1) is 0 Å². The Labute approximate surface area is 174 Å². The number of carbonyl (C=O) groups excluding carboxylic acids is 3. The fourth-order valence-corrected chi connectivity index (χ4v) is 4.45. The summed E-state index contributed by atoms with van der Waals surface area (Å²) in [4.78, 5) is 38.3. The molecule has 0 aliphatic carbocycles. The van der Waals surface area contributed by atoms with Gasteiger partial charge in [-0.25, -0.2) is 9.59 Å². The van der Waals surface area contributed by atoms with Gasteiger partial charge in [-0.2, -0.15) is 0 Å². The highest BCUT2D eigenvalue weighted by atomic mass is 16.5. The summed E-state index contributed by atoms with van der Waals surface area (Å²) < 4.78 is 11.1. The van der Waals surface area contributed by atoms with Gasteiger partial charge in [0.05, 0.1) is 18.7 Å². The molecule has 2 N–H and O–H groups in total. The standard InChI is InChI=1S/C22H25N3O5/c1-13(26)23-9-10-24-22(28)25-15-7-8-17(25)20(21(27)29-2)16(12-15)19-11-14-5-3-4-6-18(14)30-19/h3-6,11,15,17H,7-10,12H2,1-2H3,(H,23,26)(H,24,28). The monoisotopic (exact) mass is 411 g/mol. The maximum Gasteiger partial charge on any atom is 0.336 e. The minimum absolute atomic E-state index is 0.0209. The number of amides is 3. The number of nitrogens with one attached hydrogen (secondary N) is 2. The van der Waals surface area contributed by atoms with Crippen molar-refractivity contribution in [2.45, 2.75) is 38.3 Å². The first-order valence-corrected chi connectivity index (χ1v) is 10.1. The van der Waals surface area contributed by atoms with E-state index in [2.05, 4.69) is 10.6 Å². The van der Waals surface area contributed by atoms with Crippen molar-refractivity contribution in [3.05, 3.63) is 41.7 Å². The van der Waals surface area contributed by atoms with E-state index in [1.165, 1.54) is 14.0 Å². The van der Waals surface area contributed by atoms with Crippen LogP contribution in [0.25, 0.3) is 16.5 Å². The zero-order valence-corrected chi connectivity index (χ0v) is 17.1. The molecule has 4 rings (SSSR count). The SMILES string of the molecule is COC(=O)C1=C(c2cc3ccccc3o2)CC2CCC1N2C(=O)NCCNC(C)=O. The number of hydrogen-bond donors (Lipinski definition) is 2. The number of ether oxygens (including phenoxy) is 1. The van der Waals surface area contributed by atoms with Crippen LogP contribution in [0, 0.1) is 0 Å². The third-order valence-corrected chi connectivity index (χ3v) is 5.74. The topological polar surface area (TPSA) is 101 Å². The molecule has 30 heavy (non-hydrogen) atoms. The molecule has 1 aromatic carbocycles. The van der Waals surface area contributed by atoms with Gasteiger partial charge in [0.1, 0.15) is 11.3 Å². The van der Waals surface area contributed by atoms with Crippen LogP contribution in [0.2, 0.25) is 0 Å². The van der Waals surface area contributed by atoms with E-state index in [0.717, 1.165) is 23.0 Å². The van der Waals surface area contributed by atoms with Gasteiger partial charge in [0.25, 0.3) is 0 Å². The number of nitrogens with zero attached hydrogens (tertiary/aromatic N) is 1. The molecule has 2 bridgehead atoms. The summed E-state index contributed by atoms with van der Waals surface area (Å²) in [6.07, 6.45) is 2.02.